The van der Waals surface area contributed by atoms with Gasteiger partial charge >= 0.3 is 0 Å². The van der Waals surface area contributed by atoms with Crippen molar-refractivity contribution in [2.45, 2.75) is 62.1 Å². The molecular weight excluding hydrogens is 614 g/mol. The van der Waals surface area contributed by atoms with Gasteiger partial charge in [-0.15, -0.1) is 0 Å². The number of nitrogens with one attached hydrogen (secondary N) is 1. The van der Waals surface area contributed by atoms with E-state index in [1.165, 1.54) is 0 Å². The number of aryl methyl sites for hydroxylation is 1. The number of fused-ring (bicyclic) bond motifs is 7. The van der Waals surface area contributed by atoms with E-state index in [0.717, 1.165) is 48.2 Å². The summed E-state index contributed by atoms with van der Waals surface area (Å²) in [5.41, 5.74) is 2.96. The number of anilines is 1. The van der Waals surface area contributed by atoms with Crippen LogP contribution < -0.4 is 5.32 Å². The first-order chi connectivity index (χ1) is 21.8. The van der Waals surface area contributed by atoms with E-state index < -0.39 is 17.3 Å². The van der Waals surface area contributed by atoms with Gasteiger partial charge in [-0.25, -0.2) is 9.37 Å². The van der Waals surface area contributed by atoms with Crippen LogP contribution in [0.5, 0.6) is 0 Å². The lowest BCUT2D eigenvalue weighted by molar-refractivity contribution is -0.128. The maximum atomic E-state index is 16.3. The van der Waals surface area contributed by atoms with Gasteiger partial charge in [0.25, 0.3) is 0 Å². The first-order valence-electron chi connectivity index (χ1n) is 15.7. The Hall–Kier alpha value is -3.30. The zero-order chi connectivity index (χ0) is 31.0. The molecule has 3 aliphatic heterocycles. The fourth-order valence-electron chi connectivity index (χ4n) is 8.29. The van der Waals surface area contributed by atoms with Crippen molar-refractivity contribution in [2.75, 3.05) is 25.6 Å². The van der Waals surface area contributed by atoms with E-state index in [1.54, 1.807) is 31.4 Å². The number of imidazole rings is 1. The third-order valence-electron chi connectivity index (χ3n) is 10.3. The molecule has 8 rings (SSSR count). The maximum absolute atomic E-state index is 16.3. The molecule has 1 spiro atoms. The minimum absolute atomic E-state index is 0.0236. The number of likely N-dealkylation sites (tertiary alicyclic amines) is 1. The number of Topliss-reactive ketones (excluding diaryl/α,β-unsaturated/α-hetero) is 1. The number of hydrogen-bond donors (Lipinski definition) is 1. The number of rotatable bonds is 8. The highest BCUT2D eigenvalue weighted by Gasteiger charge is 2.69. The smallest absolute Gasteiger partial charge is 0.250 e. The minimum Gasteiger partial charge on any atom is -0.385 e. The molecular formula is C35H33Cl2FN4O3. The number of carbonyl (C=O) groups is 2. The average molecular weight is 648 g/mol. The summed E-state index contributed by atoms with van der Waals surface area (Å²) in [6.07, 6.45) is 4.02. The molecule has 7 nitrogen and oxygen atoms in total. The quantitative estimate of drug-likeness (QED) is 0.161. The van der Waals surface area contributed by atoms with Gasteiger partial charge in [-0.2, -0.15) is 0 Å². The molecule has 45 heavy (non-hydrogen) atoms. The zero-order valence-corrected chi connectivity index (χ0v) is 26.4. The van der Waals surface area contributed by atoms with Gasteiger partial charge in [0.05, 0.1) is 16.1 Å². The Morgan fingerprint density at radius 2 is 1.98 bits per heavy atom. The lowest BCUT2D eigenvalue weighted by atomic mass is 9.70. The number of halogens is 3. The molecule has 1 aromatic heterocycles. The van der Waals surface area contributed by atoms with E-state index >= 15 is 4.39 Å². The lowest BCUT2D eigenvalue weighted by Gasteiger charge is -2.40. The molecule has 4 atom stereocenters. The van der Waals surface area contributed by atoms with Crippen molar-refractivity contribution in [3.8, 4) is 0 Å². The topological polar surface area (TPSA) is 76.5 Å². The van der Waals surface area contributed by atoms with Gasteiger partial charge in [0, 0.05) is 72.9 Å². The van der Waals surface area contributed by atoms with Crippen LogP contribution in [-0.2, 0) is 21.6 Å². The van der Waals surface area contributed by atoms with E-state index in [0.29, 0.717) is 53.7 Å². The Labute approximate surface area is 270 Å². The number of benzene rings is 3. The van der Waals surface area contributed by atoms with E-state index in [4.69, 9.17) is 32.9 Å². The van der Waals surface area contributed by atoms with Crippen LogP contribution in [0.3, 0.4) is 0 Å². The predicted molar refractivity (Wildman–Crippen MR) is 172 cm³/mol. The Bertz CT molecular complexity index is 1870. The molecule has 4 heterocycles. The summed E-state index contributed by atoms with van der Waals surface area (Å²) < 4.78 is 23.6. The van der Waals surface area contributed by atoms with Crippen LogP contribution in [0.2, 0.25) is 10.0 Å². The number of nitrogens with zero attached hydrogens (tertiary/aromatic N) is 3. The standard InChI is InChI=1S/C35H33Cl2FN4O3/c1-45-15-3-6-29(43)20-9-12-27-26(16-20)39-33-30-28(13-14-41(27)33)42(18-19-7-8-19)35(31(30)22-4-2-5-24(37)32(22)38)23-11-10-21(36)17-25(23)40-34(35)44/h2,4-5,9-12,16-17,19,28,30-31H,3,6-8,13-15,18H2,1H3,(H,40,44)/t28-,30+,31-,35+/m0/s1. The maximum Gasteiger partial charge on any atom is 0.250 e. The largest absolute Gasteiger partial charge is 0.385 e. The second kappa shape index (κ2) is 10.9. The van der Waals surface area contributed by atoms with Crippen LogP contribution in [0, 0.1) is 11.7 Å². The molecule has 0 bridgehead atoms. The van der Waals surface area contributed by atoms with Gasteiger partial charge in [0.1, 0.15) is 17.2 Å². The van der Waals surface area contributed by atoms with Gasteiger partial charge in [0.2, 0.25) is 5.91 Å². The normalized spacial score (nSPS) is 25.4. The van der Waals surface area contributed by atoms with E-state index in [1.807, 2.05) is 30.3 Å². The van der Waals surface area contributed by atoms with Crippen molar-refractivity contribution in [1.82, 2.24) is 14.5 Å². The summed E-state index contributed by atoms with van der Waals surface area (Å²) in [6, 6.07) is 16.2. The molecule has 0 radical (unpaired) electrons. The summed E-state index contributed by atoms with van der Waals surface area (Å²) in [6.45, 7) is 1.96. The third-order valence-corrected chi connectivity index (χ3v) is 10.9. The van der Waals surface area contributed by atoms with E-state index in [-0.39, 0.29) is 28.7 Å². The molecule has 0 unspecified atom stereocenters. The molecule has 1 N–H and O–H groups in total. The molecule has 1 saturated heterocycles. The van der Waals surface area contributed by atoms with Crippen LogP contribution >= 0.6 is 23.2 Å². The fraction of sp³-hybridized carbons (Fsp3) is 0.400. The molecule has 1 aliphatic carbocycles. The zero-order valence-electron chi connectivity index (χ0n) is 24.9. The first kappa shape index (κ1) is 29.1. The summed E-state index contributed by atoms with van der Waals surface area (Å²) in [5, 5.41) is 3.68. The second-order valence-electron chi connectivity index (χ2n) is 12.9. The fourth-order valence-corrected chi connectivity index (χ4v) is 8.64. The average Bonchev–Trinajstić information content (AvgIpc) is 3.62. The van der Waals surface area contributed by atoms with Crippen molar-refractivity contribution in [1.29, 1.82) is 0 Å². The third kappa shape index (κ3) is 4.40. The first-order valence-corrected chi connectivity index (χ1v) is 16.4. The van der Waals surface area contributed by atoms with Crippen molar-refractivity contribution in [2.24, 2.45) is 5.92 Å². The molecule has 232 valence electrons. The molecule has 4 aliphatic rings. The molecule has 3 aromatic carbocycles. The van der Waals surface area contributed by atoms with Gasteiger partial charge in [-0.1, -0.05) is 41.4 Å². The number of amides is 1. The van der Waals surface area contributed by atoms with Crippen molar-refractivity contribution in [3.05, 3.63) is 93.0 Å². The number of aromatic nitrogens is 2. The minimum atomic E-state index is -1.18. The van der Waals surface area contributed by atoms with Crippen molar-refractivity contribution >= 4 is 51.6 Å². The molecule has 10 heteroatoms. The SMILES string of the molecule is COCCCC(=O)c1ccc2c(c1)nc1n2CC[C@H]2[C@@H]1[C@H](c1cccc(Cl)c1F)[C@]1(C(=O)Nc3cc(Cl)ccc31)N2CC1CC1. The highest BCUT2D eigenvalue weighted by molar-refractivity contribution is 6.31. The van der Waals surface area contributed by atoms with Crippen LogP contribution in [-0.4, -0.2) is 52.4 Å². The highest BCUT2D eigenvalue weighted by Crippen LogP contribution is 2.64. The summed E-state index contributed by atoms with van der Waals surface area (Å²) in [5.74, 6) is -0.289. The van der Waals surface area contributed by atoms with Gasteiger partial charge in [0.15, 0.2) is 5.78 Å². The number of methoxy groups -OCH3 is 1. The number of ether oxygens (including phenoxy) is 1. The van der Waals surface area contributed by atoms with Gasteiger partial charge in [-0.05, 0) is 73.6 Å². The van der Waals surface area contributed by atoms with Crippen molar-refractivity contribution < 1.29 is 18.7 Å². The number of carbonyl (C=O) groups excluding carboxylic acids is 2. The molecule has 2 fully saturated rings. The monoisotopic (exact) mass is 646 g/mol. The number of ketones is 1. The highest BCUT2D eigenvalue weighted by atomic mass is 35.5. The molecule has 1 amide bonds. The second-order valence-corrected chi connectivity index (χ2v) is 13.7. The summed E-state index contributed by atoms with van der Waals surface area (Å²) >= 11 is 12.9. The van der Waals surface area contributed by atoms with Gasteiger partial charge in [-0.3, -0.25) is 14.5 Å². The van der Waals surface area contributed by atoms with Crippen LogP contribution in [0.4, 0.5) is 10.1 Å². The van der Waals surface area contributed by atoms with Crippen LogP contribution in [0.25, 0.3) is 11.0 Å². The van der Waals surface area contributed by atoms with Crippen molar-refractivity contribution in [3.63, 3.8) is 0 Å². The van der Waals surface area contributed by atoms with Gasteiger partial charge < -0.3 is 14.6 Å². The Morgan fingerprint density at radius 1 is 1.13 bits per heavy atom. The Morgan fingerprint density at radius 3 is 2.78 bits per heavy atom. The Kier molecular flexibility index (Phi) is 7.06. The lowest BCUT2D eigenvalue weighted by Crippen LogP contribution is -2.53. The summed E-state index contributed by atoms with van der Waals surface area (Å²) in [7, 11) is 1.63. The summed E-state index contributed by atoms with van der Waals surface area (Å²) in [4.78, 5) is 35.1. The molecule has 4 aromatic rings. The van der Waals surface area contributed by atoms with Crippen LogP contribution in [0.1, 0.15) is 71.2 Å². The predicted octanol–water partition coefficient (Wildman–Crippen LogP) is 7.30. The van der Waals surface area contributed by atoms with Crippen LogP contribution in [0.15, 0.2) is 54.6 Å². The Balaban J connectivity index is 1.34. The molecule has 1 saturated carbocycles. The van der Waals surface area contributed by atoms with E-state index in [2.05, 4.69) is 14.8 Å². The van der Waals surface area contributed by atoms with E-state index in [9.17, 15) is 9.59 Å². The number of hydrogen-bond acceptors (Lipinski definition) is 5.